The smallest absolute Gasteiger partial charge is 0.338 e. The molecule has 0 fully saturated rings. The van der Waals surface area contributed by atoms with Crippen molar-refractivity contribution in [3.05, 3.63) is 59.1 Å². The predicted octanol–water partition coefficient (Wildman–Crippen LogP) is 1.69. The van der Waals surface area contributed by atoms with Gasteiger partial charge >= 0.3 is 5.97 Å². The van der Waals surface area contributed by atoms with Crippen LogP contribution in [0.15, 0.2) is 42.7 Å². The molecular formula is C15H15NO5. The molecule has 0 atom stereocenters. The summed E-state index contributed by atoms with van der Waals surface area (Å²) >= 11 is 0. The molecule has 0 spiro atoms. The van der Waals surface area contributed by atoms with E-state index in [4.69, 9.17) is 14.2 Å². The Labute approximate surface area is 122 Å². The molecule has 2 rings (SSSR count). The third-order valence-corrected chi connectivity index (χ3v) is 2.88. The summed E-state index contributed by atoms with van der Waals surface area (Å²) in [6.45, 7) is 0.0471. The van der Waals surface area contributed by atoms with Gasteiger partial charge in [0.25, 0.3) is 0 Å². The number of ether oxygens (including phenoxy) is 3. The van der Waals surface area contributed by atoms with Gasteiger partial charge in [-0.1, -0.05) is 0 Å². The quantitative estimate of drug-likeness (QED) is 0.476. The fourth-order valence-corrected chi connectivity index (χ4v) is 1.77. The van der Waals surface area contributed by atoms with E-state index in [1.807, 2.05) is 0 Å². The van der Waals surface area contributed by atoms with Crippen LogP contribution in [0.1, 0.15) is 15.9 Å². The van der Waals surface area contributed by atoms with Gasteiger partial charge in [0.15, 0.2) is 12.4 Å². The van der Waals surface area contributed by atoms with E-state index in [1.165, 1.54) is 31.6 Å². The first kappa shape index (κ1) is 14.6. The second kappa shape index (κ2) is 6.60. The minimum atomic E-state index is -0.513. The van der Waals surface area contributed by atoms with E-state index in [-0.39, 0.29) is 6.61 Å². The van der Waals surface area contributed by atoms with Crippen molar-refractivity contribution in [2.75, 3.05) is 14.2 Å². The first-order chi connectivity index (χ1) is 10.1. The molecule has 2 aromatic rings. The maximum atomic E-state index is 11.9. The molecule has 0 aliphatic rings. The van der Waals surface area contributed by atoms with Crippen molar-refractivity contribution in [3.8, 4) is 11.5 Å². The lowest BCUT2D eigenvalue weighted by Gasteiger charge is -2.11. The monoisotopic (exact) mass is 289 g/mol. The Morgan fingerprint density at radius 3 is 2.48 bits per heavy atom. The van der Waals surface area contributed by atoms with E-state index >= 15 is 0 Å². The average Bonchev–Trinajstić information content (AvgIpc) is 2.52. The van der Waals surface area contributed by atoms with Gasteiger partial charge in [-0.15, -0.1) is 0 Å². The number of hydrogen-bond acceptors (Lipinski definition) is 5. The summed E-state index contributed by atoms with van der Waals surface area (Å²) < 4.78 is 16.1. The van der Waals surface area contributed by atoms with Gasteiger partial charge in [0.2, 0.25) is 0 Å². The summed E-state index contributed by atoms with van der Waals surface area (Å²) in [4.78, 5) is 11.9. The van der Waals surface area contributed by atoms with E-state index in [9.17, 15) is 10.0 Å². The molecule has 0 bridgehead atoms. The Morgan fingerprint density at radius 2 is 1.86 bits per heavy atom. The zero-order valence-corrected chi connectivity index (χ0v) is 11.7. The summed E-state index contributed by atoms with van der Waals surface area (Å²) in [6.07, 6.45) is 2.48. The summed E-state index contributed by atoms with van der Waals surface area (Å²) in [6, 6.07) is 8.04. The highest BCUT2D eigenvalue weighted by molar-refractivity contribution is 5.89. The molecule has 0 saturated heterocycles. The molecule has 6 heteroatoms. The molecule has 0 amide bonds. The molecule has 1 aromatic heterocycles. The van der Waals surface area contributed by atoms with Crippen LogP contribution in [0.5, 0.6) is 11.5 Å². The molecule has 110 valence electrons. The van der Waals surface area contributed by atoms with Gasteiger partial charge in [-0.25, -0.2) is 4.79 Å². The van der Waals surface area contributed by atoms with Gasteiger partial charge < -0.3 is 19.4 Å². The topological polar surface area (TPSA) is 71.7 Å². The molecule has 0 unspecified atom stereocenters. The SMILES string of the molecule is COc1ccc(OC)c(COC(=O)c2cc[n+]([O-])cc2)c1. The first-order valence-electron chi connectivity index (χ1n) is 6.21. The number of rotatable bonds is 5. The van der Waals surface area contributed by atoms with Gasteiger partial charge in [-0.2, -0.15) is 4.73 Å². The van der Waals surface area contributed by atoms with Crippen LogP contribution >= 0.6 is 0 Å². The van der Waals surface area contributed by atoms with Crippen LogP contribution in [0.25, 0.3) is 0 Å². The third-order valence-electron chi connectivity index (χ3n) is 2.88. The highest BCUT2D eigenvalue weighted by atomic mass is 16.5. The lowest BCUT2D eigenvalue weighted by molar-refractivity contribution is -0.605. The molecular weight excluding hydrogens is 274 g/mol. The van der Waals surface area contributed by atoms with Crippen molar-refractivity contribution in [3.63, 3.8) is 0 Å². The lowest BCUT2D eigenvalue weighted by Crippen LogP contribution is -2.24. The fourth-order valence-electron chi connectivity index (χ4n) is 1.77. The summed E-state index contributed by atoms with van der Waals surface area (Å²) in [5.41, 5.74) is 1.00. The molecule has 0 aliphatic heterocycles. The third kappa shape index (κ3) is 3.62. The van der Waals surface area contributed by atoms with Crippen LogP contribution < -0.4 is 14.2 Å². The fraction of sp³-hybridized carbons (Fsp3) is 0.200. The van der Waals surface area contributed by atoms with Crippen LogP contribution in [0.4, 0.5) is 0 Å². The van der Waals surface area contributed by atoms with Crippen LogP contribution in [-0.4, -0.2) is 20.2 Å². The van der Waals surface area contributed by atoms with E-state index in [1.54, 1.807) is 25.3 Å². The number of methoxy groups -OCH3 is 2. The Hall–Kier alpha value is -2.76. The number of nitrogens with zero attached hydrogens (tertiary/aromatic N) is 1. The Bertz CT molecular complexity index is 624. The summed E-state index contributed by atoms with van der Waals surface area (Å²) in [5.74, 6) is 0.739. The van der Waals surface area contributed by atoms with Gasteiger partial charge in [0.1, 0.15) is 18.1 Å². The van der Waals surface area contributed by atoms with Crippen molar-refractivity contribution < 1.29 is 23.7 Å². The van der Waals surface area contributed by atoms with Gasteiger partial charge in [-0.3, -0.25) is 0 Å². The van der Waals surface area contributed by atoms with Gasteiger partial charge in [0.05, 0.1) is 19.8 Å². The number of hydrogen-bond donors (Lipinski definition) is 0. The maximum absolute atomic E-state index is 11.9. The summed E-state index contributed by atoms with van der Waals surface area (Å²) in [5, 5.41) is 10.9. The number of esters is 1. The predicted molar refractivity (Wildman–Crippen MR) is 74.1 cm³/mol. The molecule has 1 aromatic carbocycles. The van der Waals surface area contributed by atoms with Gasteiger partial charge in [0, 0.05) is 17.7 Å². The standard InChI is InChI=1S/C15H15NO5/c1-19-13-3-4-14(20-2)12(9-13)10-21-15(17)11-5-7-16(18)8-6-11/h3-9H,10H2,1-2H3. The molecule has 0 saturated carbocycles. The second-order valence-electron chi connectivity index (χ2n) is 4.20. The lowest BCUT2D eigenvalue weighted by atomic mass is 10.2. The van der Waals surface area contributed by atoms with E-state index in [2.05, 4.69) is 0 Å². The highest BCUT2D eigenvalue weighted by Gasteiger charge is 2.11. The second-order valence-corrected chi connectivity index (χ2v) is 4.20. The van der Waals surface area contributed by atoms with Crippen LogP contribution in [0.2, 0.25) is 0 Å². The number of carbonyl (C=O) groups excluding carboxylic acids is 1. The van der Waals surface area contributed by atoms with Crippen molar-refractivity contribution in [2.45, 2.75) is 6.61 Å². The van der Waals surface area contributed by atoms with Crippen molar-refractivity contribution >= 4 is 5.97 Å². The number of pyridine rings is 1. The number of benzene rings is 1. The van der Waals surface area contributed by atoms with Crippen LogP contribution in [0, 0.1) is 5.21 Å². The molecule has 6 nitrogen and oxygen atoms in total. The normalized spacial score (nSPS) is 10.0. The minimum absolute atomic E-state index is 0.0471. The number of aromatic nitrogens is 1. The minimum Gasteiger partial charge on any atom is -0.619 e. The Morgan fingerprint density at radius 1 is 1.14 bits per heavy atom. The van der Waals surface area contributed by atoms with Crippen LogP contribution in [-0.2, 0) is 11.3 Å². The van der Waals surface area contributed by atoms with Crippen LogP contribution in [0.3, 0.4) is 0 Å². The summed E-state index contributed by atoms with van der Waals surface area (Å²) in [7, 11) is 3.09. The number of carbonyl (C=O) groups is 1. The van der Waals surface area contributed by atoms with Crippen molar-refractivity contribution in [1.82, 2.24) is 0 Å². The first-order valence-corrected chi connectivity index (χ1v) is 6.21. The molecule has 0 aliphatic carbocycles. The van der Waals surface area contributed by atoms with E-state index < -0.39 is 5.97 Å². The molecule has 1 heterocycles. The zero-order valence-electron chi connectivity index (χ0n) is 11.7. The molecule has 0 radical (unpaired) electrons. The van der Waals surface area contributed by atoms with E-state index in [0.717, 1.165) is 0 Å². The van der Waals surface area contributed by atoms with Gasteiger partial charge in [-0.05, 0) is 18.2 Å². The maximum Gasteiger partial charge on any atom is 0.338 e. The van der Waals surface area contributed by atoms with E-state index in [0.29, 0.717) is 27.4 Å². The molecule has 21 heavy (non-hydrogen) atoms. The Kier molecular flexibility index (Phi) is 4.61. The zero-order chi connectivity index (χ0) is 15.2. The highest BCUT2D eigenvalue weighted by Crippen LogP contribution is 2.24. The largest absolute Gasteiger partial charge is 0.619 e. The Balaban J connectivity index is 2.08. The average molecular weight is 289 g/mol. The van der Waals surface area contributed by atoms with Crippen molar-refractivity contribution in [2.24, 2.45) is 0 Å². The molecule has 0 N–H and O–H groups in total. The van der Waals surface area contributed by atoms with Crippen molar-refractivity contribution in [1.29, 1.82) is 0 Å².